The monoisotopic (exact) mass is 521 g/mol. The predicted molar refractivity (Wildman–Crippen MR) is 133 cm³/mol. The zero-order valence-electron chi connectivity index (χ0n) is 19.9. The first-order valence-corrected chi connectivity index (χ1v) is 13.2. The number of carbonyl (C=O) groups is 1. The molecular weight excluding hydrogens is 493 g/mol. The molecule has 35 heavy (non-hydrogen) atoms. The highest BCUT2D eigenvalue weighted by Gasteiger charge is 2.41. The van der Waals surface area contributed by atoms with E-state index in [0.717, 1.165) is 35.8 Å². The van der Waals surface area contributed by atoms with Gasteiger partial charge in [0, 0.05) is 51.9 Å². The highest BCUT2D eigenvalue weighted by atomic mass is 35.5. The lowest BCUT2D eigenvalue weighted by molar-refractivity contribution is -0.131. The van der Waals surface area contributed by atoms with Crippen LogP contribution >= 0.6 is 11.6 Å². The third-order valence-corrected chi connectivity index (χ3v) is 8.75. The number of hydrogen-bond acceptors (Lipinski definition) is 5. The number of amides is 1. The number of carbonyl (C=O) groups excluding carboxylic acids is 1. The van der Waals surface area contributed by atoms with Crippen LogP contribution in [0, 0.1) is 5.82 Å². The number of sulfonamides is 1. The van der Waals surface area contributed by atoms with Crippen LogP contribution < -0.4 is 4.74 Å². The van der Waals surface area contributed by atoms with Gasteiger partial charge in [-0.3, -0.25) is 9.69 Å². The van der Waals surface area contributed by atoms with Crippen LogP contribution in [0.5, 0.6) is 5.75 Å². The van der Waals surface area contributed by atoms with Gasteiger partial charge in [-0.2, -0.15) is 0 Å². The summed E-state index contributed by atoms with van der Waals surface area (Å²) in [6.07, 6.45) is 4.78. The number of likely N-dealkylation sites (tertiary alicyclic amines) is 1. The summed E-state index contributed by atoms with van der Waals surface area (Å²) in [5.74, 6) is -0.0807. The smallest absolute Gasteiger partial charge is 0.247 e. The molecular formula is C25H29ClFN3O4S. The molecule has 4 rings (SSSR count). The molecule has 2 aromatic rings. The number of halogens is 2. The largest absolute Gasteiger partial charge is 0.495 e. The molecule has 2 atom stereocenters. The van der Waals surface area contributed by atoms with Crippen molar-refractivity contribution in [2.45, 2.75) is 36.4 Å². The van der Waals surface area contributed by atoms with Crippen LogP contribution in [0.25, 0.3) is 6.08 Å². The number of nitrogens with zero attached hydrogens (tertiary/aromatic N) is 3. The van der Waals surface area contributed by atoms with Crippen molar-refractivity contribution in [1.82, 2.24) is 14.1 Å². The number of ether oxygens (including phenoxy) is 1. The first-order chi connectivity index (χ1) is 16.6. The molecule has 2 unspecified atom stereocenters. The molecule has 0 spiro atoms. The minimum atomic E-state index is -3.79. The van der Waals surface area contributed by atoms with E-state index in [1.807, 2.05) is 4.90 Å². The Bertz CT molecular complexity index is 1220. The lowest BCUT2D eigenvalue weighted by Gasteiger charge is -2.40. The van der Waals surface area contributed by atoms with Gasteiger partial charge in [0.25, 0.3) is 0 Å². The SMILES string of the molecule is COc1cc(C=CC(=O)N2C3CCC2CN(Cc2ccc(F)cc2)C3)c(S(=O)(=O)N(C)C)cc1Cl. The van der Waals surface area contributed by atoms with Gasteiger partial charge in [0.05, 0.1) is 17.0 Å². The van der Waals surface area contributed by atoms with Crippen LogP contribution in [0.3, 0.4) is 0 Å². The summed E-state index contributed by atoms with van der Waals surface area (Å²) in [5.41, 5.74) is 1.37. The van der Waals surface area contributed by atoms with Gasteiger partial charge in [-0.1, -0.05) is 23.7 Å². The van der Waals surface area contributed by atoms with Gasteiger partial charge < -0.3 is 9.64 Å². The maximum atomic E-state index is 13.2. The van der Waals surface area contributed by atoms with Crippen molar-refractivity contribution in [2.75, 3.05) is 34.3 Å². The van der Waals surface area contributed by atoms with Crippen molar-refractivity contribution >= 4 is 33.6 Å². The van der Waals surface area contributed by atoms with Crippen LogP contribution in [-0.2, 0) is 21.4 Å². The quantitative estimate of drug-likeness (QED) is 0.520. The molecule has 0 aromatic heterocycles. The molecule has 2 aliphatic heterocycles. The van der Waals surface area contributed by atoms with Crippen LogP contribution in [0.4, 0.5) is 4.39 Å². The Kier molecular flexibility index (Phi) is 7.51. The van der Waals surface area contributed by atoms with Crippen LogP contribution in [-0.4, -0.2) is 74.8 Å². The average Bonchev–Trinajstić information content (AvgIpc) is 3.09. The number of piperazine rings is 1. The lowest BCUT2D eigenvalue weighted by atomic mass is 10.1. The van der Waals surface area contributed by atoms with Crippen molar-refractivity contribution in [3.8, 4) is 5.75 Å². The molecule has 7 nitrogen and oxygen atoms in total. The molecule has 0 radical (unpaired) electrons. The molecule has 2 heterocycles. The minimum absolute atomic E-state index is 0.00411. The molecule has 0 saturated carbocycles. The van der Waals surface area contributed by atoms with Gasteiger partial charge in [-0.15, -0.1) is 0 Å². The zero-order valence-corrected chi connectivity index (χ0v) is 21.5. The van der Waals surface area contributed by atoms with E-state index in [1.165, 1.54) is 57.6 Å². The van der Waals surface area contributed by atoms with Gasteiger partial charge in [0.15, 0.2) is 0 Å². The number of benzene rings is 2. The van der Waals surface area contributed by atoms with E-state index in [1.54, 1.807) is 12.1 Å². The van der Waals surface area contributed by atoms with Gasteiger partial charge >= 0.3 is 0 Å². The fourth-order valence-electron chi connectivity index (χ4n) is 4.83. The summed E-state index contributed by atoms with van der Waals surface area (Å²) in [4.78, 5) is 17.4. The van der Waals surface area contributed by atoms with Crippen LogP contribution in [0.15, 0.2) is 47.4 Å². The number of rotatable bonds is 7. The molecule has 1 amide bonds. The Labute approximate surface area is 210 Å². The standard InChI is InChI=1S/C25H29ClFN3O4S/c1-28(2)35(32,33)24-13-22(26)23(34-3)12-18(24)6-11-25(31)30-20-9-10-21(30)16-29(15-20)14-17-4-7-19(27)8-5-17/h4-8,11-13,20-21H,9-10,14-16H2,1-3H3. The average molecular weight is 522 g/mol. The maximum Gasteiger partial charge on any atom is 0.247 e. The second kappa shape index (κ2) is 10.3. The highest BCUT2D eigenvalue weighted by molar-refractivity contribution is 7.89. The highest BCUT2D eigenvalue weighted by Crippen LogP contribution is 2.34. The summed E-state index contributed by atoms with van der Waals surface area (Å²) >= 11 is 6.19. The van der Waals surface area contributed by atoms with E-state index >= 15 is 0 Å². The molecule has 0 aliphatic carbocycles. The molecule has 2 aromatic carbocycles. The van der Waals surface area contributed by atoms with Gasteiger partial charge in [0.1, 0.15) is 11.6 Å². The molecule has 2 saturated heterocycles. The van der Waals surface area contributed by atoms with Crippen LogP contribution in [0.2, 0.25) is 5.02 Å². The maximum absolute atomic E-state index is 13.2. The van der Waals surface area contributed by atoms with E-state index in [2.05, 4.69) is 4.90 Å². The Morgan fingerprint density at radius 2 is 1.80 bits per heavy atom. The summed E-state index contributed by atoms with van der Waals surface area (Å²) in [6, 6.07) is 9.53. The third-order valence-electron chi connectivity index (χ3n) is 6.58. The van der Waals surface area contributed by atoms with E-state index < -0.39 is 10.0 Å². The third kappa shape index (κ3) is 5.38. The van der Waals surface area contributed by atoms with Gasteiger partial charge in [-0.25, -0.2) is 17.1 Å². The van der Waals surface area contributed by atoms with E-state index in [0.29, 0.717) is 17.9 Å². The van der Waals surface area contributed by atoms with Crippen molar-refractivity contribution in [2.24, 2.45) is 0 Å². The van der Waals surface area contributed by atoms with E-state index in [9.17, 15) is 17.6 Å². The fourth-order valence-corrected chi connectivity index (χ4v) is 6.22. The zero-order chi connectivity index (χ0) is 25.3. The fraction of sp³-hybridized carbons (Fsp3) is 0.400. The minimum Gasteiger partial charge on any atom is -0.495 e. The molecule has 2 aliphatic rings. The van der Waals surface area contributed by atoms with Gasteiger partial charge in [0.2, 0.25) is 15.9 Å². The topological polar surface area (TPSA) is 70.2 Å². The second-order valence-electron chi connectivity index (χ2n) is 9.10. The molecule has 188 valence electrons. The summed E-state index contributed by atoms with van der Waals surface area (Å²) in [6.45, 7) is 2.19. The van der Waals surface area contributed by atoms with E-state index in [-0.39, 0.29) is 33.7 Å². The Hall–Kier alpha value is -2.46. The number of hydrogen-bond donors (Lipinski definition) is 0. The molecule has 0 N–H and O–H groups in total. The molecule has 10 heteroatoms. The first-order valence-electron chi connectivity index (χ1n) is 11.4. The van der Waals surface area contributed by atoms with Crippen molar-refractivity contribution in [3.63, 3.8) is 0 Å². The lowest BCUT2D eigenvalue weighted by Crippen LogP contribution is -2.55. The predicted octanol–water partition coefficient (Wildman–Crippen LogP) is 3.63. The Balaban J connectivity index is 1.52. The first kappa shape index (κ1) is 25.6. The van der Waals surface area contributed by atoms with Crippen molar-refractivity contribution in [3.05, 3.63) is 64.4 Å². The van der Waals surface area contributed by atoms with Crippen LogP contribution in [0.1, 0.15) is 24.0 Å². The van der Waals surface area contributed by atoms with Crippen molar-refractivity contribution in [1.29, 1.82) is 0 Å². The molecule has 2 bridgehead atoms. The Morgan fingerprint density at radius 1 is 1.17 bits per heavy atom. The normalized spacial score (nSPS) is 20.7. The summed E-state index contributed by atoms with van der Waals surface area (Å²) < 4.78 is 45.2. The summed E-state index contributed by atoms with van der Waals surface area (Å²) in [7, 11) is 0.537. The molecule has 2 fully saturated rings. The van der Waals surface area contributed by atoms with Crippen molar-refractivity contribution < 1.29 is 22.3 Å². The number of methoxy groups -OCH3 is 1. The van der Waals surface area contributed by atoms with E-state index in [4.69, 9.17) is 16.3 Å². The van der Waals surface area contributed by atoms with Gasteiger partial charge in [-0.05, 0) is 54.3 Å². The summed E-state index contributed by atoms with van der Waals surface area (Å²) in [5, 5.41) is 0.173. The second-order valence-corrected chi connectivity index (χ2v) is 11.6. The number of fused-ring (bicyclic) bond motifs is 2. The Morgan fingerprint density at radius 3 is 2.37 bits per heavy atom.